The topological polar surface area (TPSA) is 64.8 Å². The third-order valence-electron chi connectivity index (χ3n) is 4.38. The molecule has 1 aromatic carbocycles. The molecular formula is C18H26F2N2O3. The van der Waals surface area contributed by atoms with Crippen molar-refractivity contribution in [3.63, 3.8) is 0 Å². The van der Waals surface area contributed by atoms with Gasteiger partial charge < -0.3 is 20.1 Å². The zero-order valence-corrected chi connectivity index (χ0v) is 14.7. The molecule has 1 fully saturated rings. The van der Waals surface area contributed by atoms with E-state index in [0.717, 1.165) is 24.8 Å². The van der Waals surface area contributed by atoms with Crippen molar-refractivity contribution in [1.82, 2.24) is 4.90 Å². The van der Waals surface area contributed by atoms with E-state index in [0.29, 0.717) is 19.6 Å². The first-order chi connectivity index (χ1) is 11.9. The molecule has 1 aliphatic carbocycles. The third-order valence-corrected chi connectivity index (χ3v) is 4.38. The van der Waals surface area contributed by atoms with E-state index in [1.165, 1.54) is 6.07 Å². The number of benzene rings is 1. The average molecular weight is 356 g/mol. The van der Waals surface area contributed by atoms with E-state index in [1.807, 2.05) is 0 Å². The van der Waals surface area contributed by atoms with Crippen LogP contribution in [0, 0.1) is 5.92 Å². The molecule has 25 heavy (non-hydrogen) atoms. The molecule has 2 rings (SSSR count). The maximum Gasteiger partial charge on any atom is 0.387 e. The van der Waals surface area contributed by atoms with Gasteiger partial charge in [-0.25, -0.2) is 0 Å². The number of nitrogens with two attached hydrogens (primary N) is 1. The second-order valence-corrected chi connectivity index (χ2v) is 6.41. The standard InChI is InChI=1S/C18H26F2N2O3/c1-3-24-16-9-12(7-8-15(16)25-18(19)20)11-22(2)17(23)13-5-4-6-14(21)10-13/h7-9,13-14,18H,3-6,10-11,21H2,1-2H3. The Morgan fingerprint density at radius 3 is 2.76 bits per heavy atom. The fraction of sp³-hybridized carbons (Fsp3) is 0.611. The third kappa shape index (κ3) is 5.56. The first kappa shape index (κ1) is 19.4. The molecule has 1 saturated carbocycles. The molecule has 2 N–H and O–H groups in total. The van der Waals surface area contributed by atoms with E-state index in [2.05, 4.69) is 4.74 Å². The van der Waals surface area contributed by atoms with Gasteiger partial charge in [-0.3, -0.25) is 4.79 Å². The SMILES string of the molecule is CCOc1cc(CN(C)C(=O)C2CCCC(N)C2)ccc1OC(F)F. The van der Waals surface area contributed by atoms with Crippen molar-refractivity contribution in [2.24, 2.45) is 11.7 Å². The maximum absolute atomic E-state index is 12.6. The minimum Gasteiger partial charge on any atom is -0.490 e. The van der Waals surface area contributed by atoms with Gasteiger partial charge in [-0.2, -0.15) is 8.78 Å². The molecule has 1 aromatic rings. The number of carbonyl (C=O) groups is 1. The van der Waals surface area contributed by atoms with E-state index in [9.17, 15) is 13.6 Å². The number of rotatable bonds is 7. The van der Waals surface area contributed by atoms with Crippen molar-refractivity contribution in [3.05, 3.63) is 23.8 Å². The Hall–Kier alpha value is -1.89. The van der Waals surface area contributed by atoms with E-state index >= 15 is 0 Å². The van der Waals surface area contributed by atoms with Crippen molar-refractivity contribution in [2.75, 3.05) is 13.7 Å². The lowest BCUT2D eigenvalue weighted by Crippen LogP contribution is -2.38. The molecule has 0 spiro atoms. The first-order valence-corrected chi connectivity index (χ1v) is 8.61. The highest BCUT2D eigenvalue weighted by Crippen LogP contribution is 2.31. The van der Waals surface area contributed by atoms with Crippen molar-refractivity contribution in [3.8, 4) is 11.5 Å². The molecule has 0 bridgehead atoms. The first-order valence-electron chi connectivity index (χ1n) is 8.61. The van der Waals surface area contributed by atoms with Gasteiger partial charge in [-0.1, -0.05) is 12.5 Å². The Bertz CT molecular complexity index is 583. The Kier molecular flexibility index (Phi) is 6.99. The van der Waals surface area contributed by atoms with Gasteiger partial charge in [0.1, 0.15) is 0 Å². The highest BCUT2D eigenvalue weighted by Gasteiger charge is 2.27. The lowest BCUT2D eigenvalue weighted by atomic mass is 9.85. The number of carbonyl (C=O) groups excluding carboxylic acids is 1. The number of amides is 1. The number of hydrogen-bond donors (Lipinski definition) is 1. The van der Waals surface area contributed by atoms with Gasteiger partial charge in [0.2, 0.25) is 5.91 Å². The number of ether oxygens (including phenoxy) is 2. The van der Waals surface area contributed by atoms with E-state index < -0.39 is 6.61 Å². The van der Waals surface area contributed by atoms with E-state index in [4.69, 9.17) is 10.5 Å². The second kappa shape index (κ2) is 8.99. The minimum absolute atomic E-state index is 0.00664. The summed E-state index contributed by atoms with van der Waals surface area (Å²) in [7, 11) is 1.74. The summed E-state index contributed by atoms with van der Waals surface area (Å²) in [6, 6.07) is 4.83. The molecule has 7 heteroatoms. The van der Waals surface area contributed by atoms with Gasteiger partial charge in [0.05, 0.1) is 6.61 Å². The van der Waals surface area contributed by atoms with Crippen molar-refractivity contribution in [2.45, 2.75) is 51.8 Å². The largest absolute Gasteiger partial charge is 0.490 e. The molecule has 0 saturated heterocycles. The van der Waals surface area contributed by atoms with Crippen LogP contribution in [0.3, 0.4) is 0 Å². The Morgan fingerprint density at radius 2 is 2.12 bits per heavy atom. The van der Waals surface area contributed by atoms with Crippen LogP contribution in [0.2, 0.25) is 0 Å². The number of hydrogen-bond acceptors (Lipinski definition) is 4. The Balaban J connectivity index is 2.05. The van der Waals surface area contributed by atoms with Gasteiger partial charge in [0.25, 0.3) is 0 Å². The molecule has 2 atom stereocenters. The average Bonchev–Trinajstić information content (AvgIpc) is 2.56. The zero-order chi connectivity index (χ0) is 18.4. The van der Waals surface area contributed by atoms with Crippen molar-refractivity contribution < 1.29 is 23.0 Å². The molecule has 1 aliphatic rings. The summed E-state index contributed by atoms with van der Waals surface area (Å²) in [4.78, 5) is 14.2. The highest BCUT2D eigenvalue weighted by atomic mass is 19.3. The minimum atomic E-state index is -2.91. The van der Waals surface area contributed by atoms with Crippen LogP contribution in [-0.4, -0.2) is 37.1 Å². The van der Waals surface area contributed by atoms with Crippen LogP contribution >= 0.6 is 0 Å². The summed E-state index contributed by atoms with van der Waals surface area (Å²) in [5.74, 6) is 0.274. The Morgan fingerprint density at radius 1 is 1.36 bits per heavy atom. The van der Waals surface area contributed by atoms with Crippen LogP contribution in [-0.2, 0) is 11.3 Å². The summed E-state index contributed by atoms with van der Waals surface area (Å²) in [6.45, 7) is -0.442. The van der Waals surface area contributed by atoms with Crippen LogP contribution in [0.1, 0.15) is 38.2 Å². The van der Waals surface area contributed by atoms with Crippen LogP contribution < -0.4 is 15.2 Å². The highest BCUT2D eigenvalue weighted by molar-refractivity contribution is 5.78. The molecule has 0 aromatic heterocycles. The molecule has 1 amide bonds. The fourth-order valence-electron chi connectivity index (χ4n) is 3.23. The van der Waals surface area contributed by atoms with Gasteiger partial charge in [-0.15, -0.1) is 0 Å². The smallest absolute Gasteiger partial charge is 0.387 e. The van der Waals surface area contributed by atoms with Gasteiger partial charge in [0, 0.05) is 25.6 Å². The van der Waals surface area contributed by atoms with Crippen LogP contribution in [0.4, 0.5) is 8.78 Å². The number of halogens is 2. The lowest BCUT2D eigenvalue weighted by molar-refractivity contribution is -0.135. The monoisotopic (exact) mass is 356 g/mol. The predicted octanol–water partition coefficient (Wildman–Crippen LogP) is 3.16. The molecule has 5 nitrogen and oxygen atoms in total. The maximum atomic E-state index is 12.6. The molecule has 0 aliphatic heterocycles. The normalized spacial score (nSPS) is 20.4. The fourth-order valence-corrected chi connectivity index (χ4v) is 3.23. The van der Waals surface area contributed by atoms with E-state index in [1.54, 1.807) is 31.0 Å². The lowest BCUT2D eigenvalue weighted by Gasteiger charge is -2.29. The number of alkyl halides is 2. The number of nitrogens with zero attached hydrogens (tertiary/aromatic N) is 1. The van der Waals surface area contributed by atoms with Crippen molar-refractivity contribution >= 4 is 5.91 Å². The van der Waals surface area contributed by atoms with Crippen LogP contribution in [0.25, 0.3) is 0 Å². The quantitative estimate of drug-likeness (QED) is 0.815. The summed E-state index contributed by atoms with van der Waals surface area (Å²) in [6.07, 6.45) is 3.52. The van der Waals surface area contributed by atoms with Gasteiger partial charge >= 0.3 is 6.61 Å². The second-order valence-electron chi connectivity index (χ2n) is 6.41. The van der Waals surface area contributed by atoms with Crippen LogP contribution in [0.5, 0.6) is 11.5 Å². The molecule has 0 heterocycles. The van der Waals surface area contributed by atoms with Crippen molar-refractivity contribution in [1.29, 1.82) is 0 Å². The molecular weight excluding hydrogens is 330 g/mol. The molecule has 0 radical (unpaired) electrons. The van der Waals surface area contributed by atoms with Crippen LogP contribution in [0.15, 0.2) is 18.2 Å². The summed E-state index contributed by atoms with van der Waals surface area (Å²) >= 11 is 0. The molecule has 140 valence electrons. The molecule has 2 unspecified atom stereocenters. The van der Waals surface area contributed by atoms with E-state index in [-0.39, 0.29) is 29.4 Å². The van der Waals surface area contributed by atoms with Gasteiger partial charge in [0.15, 0.2) is 11.5 Å². The summed E-state index contributed by atoms with van der Waals surface area (Å²) < 4.78 is 34.7. The predicted molar refractivity (Wildman–Crippen MR) is 90.7 cm³/mol. The van der Waals surface area contributed by atoms with Gasteiger partial charge in [-0.05, 0) is 43.9 Å². The summed E-state index contributed by atoms with van der Waals surface area (Å²) in [5, 5.41) is 0. The summed E-state index contributed by atoms with van der Waals surface area (Å²) in [5.41, 5.74) is 6.76. The zero-order valence-electron chi connectivity index (χ0n) is 14.7. The Labute approximate surface area is 147 Å².